The number of fused-ring (bicyclic) bond motifs is 1. The van der Waals surface area contributed by atoms with Gasteiger partial charge in [-0.05, 0) is 70.6 Å². The van der Waals surface area contributed by atoms with E-state index in [1.807, 2.05) is 0 Å². The molecule has 1 fully saturated rings. The van der Waals surface area contributed by atoms with Crippen molar-refractivity contribution in [1.82, 2.24) is 14.7 Å². The molecule has 0 amide bonds. The molecule has 1 aliphatic carbocycles. The first kappa shape index (κ1) is 21.9. The molecule has 0 saturated heterocycles. The van der Waals surface area contributed by atoms with Crippen molar-refractivity contribution in [3.05, 3.63) is 23.8 Å². The van der Waals surface area contributed by atoms with E-state index in [9.17, 15) is 21.6 Å². The first-order valence-electron chi connectivity index (χ1n) is 9.58. The second-order valence-electron chi connectivity index (χ2n) is 8.50. The number of nitrogens with zero attached hydrogens (tertiary/aromatic N) is 1. The Morgan fingerprint density at radius 3 is 2.41 bits per heavy atom. The van der Waals surface area contributed by atoms with Crippen LogP contribution in [0.3, 0.4) is 0 Å². The molecular formula is C19H26F3N3O3S. The van der Waals surface area contributed by atoms with Crippen molar-refractivity contribution in [3.8, 4) is 6.01 Å². The first-order valence-corrected chi connectivity index (χ1v) is 11.1. The molecule has 29 heavy (non-hydrogen) atoms. The zero-order valence-electron chi connectivity index (χ0n) is 16.6. The maximum absolute atomic E-state index is 12.8. The summed E-state index contributed by atoms with van der Waals surface area (Å²) in [7, 11) is -3.36. The van der Waals surface area contributed by atoms with Crippen LogP contribution in [0.5, 0.6) is 6.01 Å². The third kappa shape index (κ3) is 5.22. The van der Waals surface area contributed by atoms with Gasteiger partial charge in [-0.25, -0.2) is 13.1 Å². The molecule has 6 nitrogen and oxygen atoms in total. The normalized spacial score (nSPS) is 21.4. The van der Waals surface area contributed by atoms with Gasteiger partial charge in [0.25, 0.3) is 6.01 Å². The predicted molar refractivity (Wildman–Crippen MR) is 104 cm³/mol. The fraction of sp³-hybridized carbons (Fsp3) is 0.632. The molecule has 1 aliphatic rings. The molecule has 2 N–H and O–H groups in total. The summed E-state index contributed by atoms with van der Waals surface area (Å²) in [5.41, 5.74) is -0.0446. The number of benzene rings is 1. The van der Waals surface area contributed by atoms with Crippen LogP contribution >= 0.6 is 0 Å². The molecule has 1 aromatic carbocycles. The minimum absolute atomic E-state index is 0.104. The van der Waals surface area contributed by atoms with E-state index in [1.54, 1.807) is 20.8 Å². The largest absolute Gasteiger partial charge is 0.461 e. The van der Waals surface area contributed by atoms with Gasteiger partial charge in [0.05, 0.1) is 21.3 Å². The van der Waals surface area contributed by atoms with Crippen LogP contribution in [0.25, 0.3) is 11.0 Å². The summed E-state index contributed by atoms with van der Waals surface area (Å²) in [4.78, 5) is 7.01. The van der Waals surface area contributed by atoms with Crippen LogP contribution in [-0.4, -0.2) is 35.8 Å². The van der Waals surface area contributed by atoms with Crippen molar-refractivity contribution in [2.75, 3.05) is 6.54 Å². The molecule has 0 aliphatic heterocycles. The highest BCUT2D eigenvalue weighted by atomic mass is 32.2. The van der Waals surface area contributed by atoms with E-state index in [4.69, 9.17) is 4.74 Å². The van der Waals surface area contributed by atoms with Gasteiger partial charge in [-0.3, -0.25) is 0 Å². The number of H-pyrrole nitrogens is 1. The maximum atomic E-state index is 12.8. The van der Waals surface area contributed by atoms with Gasteiger partial charge < -0.3 is 9.72 Å². The Morgan fingerprint density at radius 2 is 1.83 bits per heavy atom. The molecule has 0 atom stereocenters. The minimum Gasteiger partial charge on any atom is -0.461 e. The van der Waals surface area contributed by atoms with Gasteiger partial charge >= 0.3 is 6.18 Å². The molecule has 2 aromatic rings. The SMILES string of the molecule is CC(C)(C)S(=O)(=O)NCC1CCC(Oc2nc3ccc(C(F)(F)F)cc3[nH]2)CC1. The molecule has 0 unspecified atom stereocenters. The van der Waals surface area contributed by atoms with E-state index in [0.29, 0.717) is 12.1 Å². The van der Waals surface area contributed by atoms with Crippen LogP contribution in [0.4, 0.5) is 13.2 Å². The van der Waals surface area contributed by atoms with Gasteiger partial charge in [-0.1, -0.05) is 0 Å². The summed E-state index contributed by atoms with van der Waals surface area (Å²) in [5, 5.41) is 0. The Hall–Kier alpha value is -1.81. The Balaban J connectivity index is 1.54. The van der Waals surface area contributed by atoms with Crippen LogP contribution in [-0.2, 0) is 16.2 Å². The second-order valence-corrected chi connectivity index (χ2v) is 11.0. The standard InChI is InChI=1S/C19H26F3N3O3S/c1-18(2,3)29(26,27)23-11-12-4-7-14(8-5-12)28-17-24-15-9-6-13(19(20,21)22)10-16(15)25-17/h6,9-10,12,14,23H,4-5,7-8,11H2,1-3H3,(H,24,25). The van der Waals surface area contributed by atoms with Crippen LogP contribution in [0, 0.1) is 5.92 Å². The third-order valence-corrected chi connectivity index (χ3v) is 7.39. The average Bonchev–Trinajstić information content (AvgIpc) is 3.01. The molecule has 3 rings (SSSR count). The van der Waals surface area contributed by atoms with Crippen LogP contribution in [0.2, 0.25) is 0 Å². The zero-order chi connectivity index (χ0) is 21.4. The van der Waals surface area contributed by atoms with E-state index in [0.717, 1.165) is 37.8 Å². The Morgan fingerprint density at radius 1 is 1.17 bits per heavy atom. The molecule has 1 heterocycles. The first-order chi connectivity index (χ1) is 13.3. The van der Waals surface area contributed by atoms with E-state index in [2.05, 4.69) is 14.7 Å². The highest BCUT2D eigenvalue weighted by Gasteiger charge is 2.32. The number of hydrogen-bond donors (Lipinski definition) is 2. The number of rotatable bonds is 5. The zero-order valence-corrected chi connectivity index (χ0v) is 17.5. The van der Waals surface area contributed by atoms with Crippen molar-refractivity contribution in [3.63, 3.8) is 0 Å². The summed E-state index contributed by atoms with van der Waals surface area (Å²) in [5.74, 6) is 0.233. The van der Waals surface area contributed by atoms with Crippen molar-refractivity contribution < 1.29 is 26.3 Å². The van der Waals surface area contributed by atoms with Crippen molar-refractivity contribution in [2.24, 2.45) is 5.92 Å². The second kappa shape index (κ2) is 7.79. The van der Waals surface area contributed by atoms with Gasteiger partial charge in [0.2, 0.25) is 10.0 Å². The number of hydrogen-bond acceptors (Lipinski definition) is 4. The third-order valence-electron chi connectivity index (χ3n) is 5.23. The molecule has 162 valence electrons. The molecule has 0 radical (unpaired) electrons. The van der Waals surface area contributed by atoms with Crippen LogP contribution < -0.4 is 9.46 Å². The van der Waals surface area contributed by atoms with Crippen molar-refractivity contribution >= 4 is 21.1 Å². The Labute approximate surface area is 168 Å². The fourth-order valence-electron chi connectivity index (χ4n) is 3.27. The predicted octanol–water partition coefficient (Wildman–Crippen LogP) is 4.24. The van der Waals surface area contributed by atoms with Gasteiger partial charge in [0, 0.05) is 6.54 Å². The fourth-order valence-corrected chi connectivity index (χ4v) is 4.16. The molecule has 1 aromatic heterocycles. The molecule has 10 heteroatoms. The Kier molecular flexibility index (Phi) is 5.88. The Bertz CT molecular complexity index is 956. The van der Waals surface area contributed by atoms with Crippen LogP contribution in [0.15, 0.2) is 18.2 Å². The lowest BCUT2D eigenvalue weighted by Gasteiger charge is -2.29. The summed E-state index contributed by atoms with van der Waals surface area (Å²) >= 11 is 0. The topological polar surface area (TPSA) is 84.1 Å². The van der Waals surface area contributed by atoms with Gasteiger partial charge in [0.1, 0.15) is 6.10 Å². The summed E-state index contributed by atoms with van der Waals surface area (Å²) in [6.45, 7) is 5.37. The molecular weight excluding hydrogens is 407 g/mol. The number of alkyl halides is 3. The van der Waals surface area contributed by atoms with E-state index in [1.165, 1.54) is 6.07 Å². The number of aromatic amines is 1. The highest BCUT2D eigenvalue weighted by molar-refractivity contribution is 7.90. The number of nitrogens with one attached hydrogen (secondary N) is 2. The lowest BCUT2D eigenvalue weighted by atomic mass is 9.87. The lowest BCUT2D eigenvalue weighted by molar-refractivity contribution is -0.137. The number of sulfonamides is 1. The summed E-state index contributed by atoms with van der Waals surface area (Å²) in [6.07, 6.45) is -1.45. The number of aromatic nitrogens is 2. The average molecular weight is 433 g/mol. The number of ether oxygens (including phenoxy) is 1. The molecule has 0 spiro atoms. The monoisotopic (exact) mass is 433 g/mol. The quantitative estimate of drug-likeness (QED) is 0.739. The lowest BCUT2D eigenvalue weighted by Crippen LogP contribution is -2.42. The maximum Gasteiger partial charge on any atom is 0.416 e. The molecule has 0 bridgehead atoms. The van der Waals surface area contributed by atoms with E-state index < -0.39 is 26.5 Å². The van der Waals surface area contributed by atoms with Crippen LogP contribution in [0.1, 0.15) is 52.0 Å². The van der Waals surface area contributed by atoms with E-state index >= 15 is 0 Å². The minimum atomic E-state index is -4.41. The highest BCUT2D eigenvalue weighted by Crippen LogP contribution is 2.32. The summed E-state index contributed by atoms with van der Waals surface area (Å²) in [6, 6.07) is 3.54. The van der Waals surface area contributed by atoms with Crippen molar-refractivity contribution in [2.45, 2.75) is 63.5 Å². The van der Waals surface area contributed by atoms with E-state index in [-0.39, 0.29) is 23.5 Å². The van der Waals surface area contributed by atoms with Gasteiger partial charge in [0.15, 0.2) is 0 Å². The number of imidazole rings is 1. The number of halogens is 3. The summed E-state index contributed by atoms with van der Waals surface area (Å²) < 4.78 is 70.5. The molecule has 1 saturated carbocycles. The van der Waals surface area contributed by atoms with Crippen molar-refractivity contribution in [1.29, 1.82) is 0 Å². The van der Waals surface area contributed by atoms with Gasteiger partial charge in [-0.15, -0.1) is 0 Å². The van der Waals surface area contributed by atoms with Gasteiger partial charge in [-0.2, -0.15) is 18.2 Å². The smallest absolute Gasteiger partial charge is 0.416 e.